The minimum absolute atomic E-state index is 0.0563. The highest BCUT2D eigenvalue weighted by molar-refractivity contribution is 6.05. The fourth-order valence-electron chi connectivity index (χ4n) is 3.27. The topological polar surface area (TPSA) is 67.0 Å². The molecule has 134 valence electrons. The van der Waals surface area contributed by atoms with E-state index < -0.39 is 0 Å². The summed E-state index contributed by atoms with van der Waals surface area (Å²) in [5.41, 5.74) is 2.90. The minimum Gasteiger partial charge on any atom is -0.377 e. The van der Waals surface area contributed by atoms with Crippen molar-refractivity contribution in [2.24, 2.45) is 5.41 Å². The van der Waals surface area contributed by atoms with E-state index in [1.807, 2.05) is 30.5 Å². The highest BCUT2D eigenvalue weighted by Crippen LogP contribution is 2.48. The summed E-state index contributed by atoms with van der Waals surface area (Å²) in [6.07, 6.45) is 8.47. The maximum absolute atomic E-state index is 12.5. The van der Waals surface area contributed by atoms with E-state index in [-0.39, 0.29) is 11.3 Å². The molecule has 1 aliphatic carbocycles. The molecule has 0 unspecified atom stereocenters. The number of hydrogen-bond donors (Lipinski definition) is 2. The van der Waals surface area contributed by atoms with Crippen LogP contribution in [-0.4, -0.2) is 29.0 Å². The van der Waals surface area contributed by atoms with E-state index in [0.717, 1.165) is 36.8 Å². The smallest absolute Gasteiger partial charge is 0.253 e. The SMILES string of the molecule is O=C(NCC1(CCOCc2ccccc2)CC1)c1cncc2[nH]ccc12. The number of nitrogens with one attached hydrogen (secondary N) is 2. The molecule has 0 bridgehead atoms. The van der Waals surface area contributed by atoms with Crippen LogP contribution in [0.5, 0.6) is 0 Å². The quantitative estimate of drug-likeness (QED) is 0.610. The van der Waals surface area contributed by atoms with Crippen LogP contribution in [0.2, 0.25) is 0 Å². The Morgan fingerprint density at radius 2 is 2.04 bits per heavy atom. The lowest BCUT2D eigenvalue weighted by Gasteiger charge is -2.16. The van der Waals surface area contributed by atoms with E-state index in [2.05, 4.69) is 27.4 Å². The first-order chi connectivity index (χ1) is 12.8. The zero-order valence-electron chi connectivity index (χ0n) is 14.7. The van der Waals surface area contributed by atoms with Gasteiger partial charge in [-0.15, -0.1) is 0 Å². The molecular formula is C21H23N3O2. The number of rotatable bonds is 8. The van der Waals surface area contributed by atoms with Gasteiger partial charge in [0, 0.05) is 30.9 Å². The second-order valence-electron chi connectivity index (χ2n) is 7.10. The number of carbonyl (C=O) groups excluding carboxylic acids is 1. The van der Waals surface area contributed by atoms with Crippen LogP contribution in [0.3, 0.4) is 0 Å². The number of hydrogen-bond acceptors (Lipinski definition) is 3. The third-order valence-corrected chi connectivity index (χ3v) is 5.19. The molecule has 2 aromatic heterocycles. The Morgan fingerprint density at radius 3 is 2.85 bits per heavy atom. The molecule has 0 aliphatic heterocycles. The zero-order chi connectivity index (χ0) is 17.8. The number of pyridine rings is 1. The average Bonchev–Trinajstić information content (AvgIpc) is 3.28. The van der Waals surface area contributed by atoms with Gasteiger partial charge >= 0.3 is 0 Å². The second-order valence-corrected chi connectivity index (χ2v) is 7.10. The van der Waals surface area contributed by atoms with Crippen LogP contribution < -0.4 is 5.32 Å². The molecular weight excluding hydrogens is 326 g/mol. The molecule has 3 aromatic rings. The van der Waals surface area contributed by atoms with Crippen molar-refractivity contribution in [3.63, 3.8) is 0 Å². The zero-order valence-corrected chi connectivity index (χ0v) is 14.7. The first-order valence-corrected chi connectivity index (χ1v) is 9.07. The molecule has 0 atom stereocenters. The normalized spacial score (nSPS) is 15.1. The van der Waals surface area contributed by atoms with Gasteiger partial charge in [-0.1, -0.05) is 30.3 Å². The molecule has 26 heavy (non-hydrogen) atoms. The number of carbonyl (C=O) groups is 1. The van der Waals surface area contributed by atoms with Crippen LogP contribution in [0.25, 0.3) is 10.9 Å². The number of H-pyrrole nitrogens is 1. The Hall–Kier alpha value is -2.66. The molecule has 1 aliphatic rings. The molecule has 1 saturated carbocycles. The molecule has 0 saturated heterocycles. The van der Waals surface area contributed by atoms with Crippen molar-refractivity contribution in [3.8, 4) is 0 Å². The predicted molar refractivity (Wildman–Crippen MR) is 101 cm³/mol. The highest BCUT2D eigenvalue weighted by Gasteiger charge is 2.42. The van der Waals surface area contributed by atoms with E-state index in [4.69, 9.17) is 4.74 Å². The third-order valence-electron chi connectivity index (χ3n) is 5.19. The first kappa shape index (κ1) is 16.8. The van der Waals surface area contributed by atoms with E-state index in [1.54, 1.807) is 12.4 Å². The van der Waals surface area contributed by atoms with Gasteiger partial charge in [0.15, 0.2) is 0 Å². The molecule has 4 rings (SSSR count). The second kappa shape index (κ2) is 7.30. The molecule has 1 aromatic carbocycles. The molecule has 0 spiro atoms. The van der Waals surface area contributed by atoms with Gasteiger partial charge in [0.25, 0.3) is 5.91 Å². The van der Waals surface area contributed by atoms with E-state index >= 15 is 0 Å². The van der Waals surface area contributed by atoms with Crippen molar-refractivity contribution in [1.29, 1.82) is 0 Å². The van der Waals surface area contributed by atoms with Crippen molar-refractivity contribution in [3.05, 3.63) is 66.1 Å². The first-order valence-electron chi connectivity index (χ1n) is 9.07. The molecule has 2 N–H and O–H groups in total. The number of fused-ring (bicyclic) bond motifs is 1. The number of amides is 1. The van der Waals surface area contributed by atoms with Crippen molar-refractivity contribution in [2.75, 3.05) is 13.2 Å². The standard InChI is InChI=1S/C21H23N3O2/c25-20(18-12-22-13-19-17(18)6-10-23-19)24-15-21(7-8-21)9-11-26-14-16-4-2-1-3-5-16/h1-6,10,12-13,23H,7-9,11,14-15H2,(H,24,25). The fourth-order valence-corrected chi connectivity index (χ4v) is 3.27. The fraction of sp³-hybridized carbons (Fsp3) is 0.333. The third kappa shape index (κ3) is 3.78. The Morgan fingerprint density at radius 1 is 1.19 bits per heavy atom. The van der Waals surface area contributed by atoms with Gasteiger partial charge < -0.3 is 15.0 Å². The van der Waals surface area contributed by atoms with E-state index in [0.29, 0.717) is 18.7 Å². The summed E-state index contributed by atoms with van der Waals surface area (Å²) in [7, 11) is 0. The van der Waals surface area contributed by atoms with Gasteiger partial charge in [-0.3, -0.25) is 9.78 Å². The van der Waals surface area contributed by atoms with Gasteiger partial charge in [0.2, 0.25) is 0 Å². The molecule has 0 radical (unpaired) electrons. The van der Waals surface area contributed by atoms with Crippen molar-refractivity contribution in [1.82, 2.24) is 15.3 Å². The van der Waals surface area contributed by atoms with Crippen molar-refractivity contribution in [2.45, 2.75) is 25.9 Å². The molecule has 2 heterocycles. The summed E-state index contributed by atoms with van der Waals surface area (Å²) in [6, 6.07) is 12.1. The number of aromatic amines is 1. The summed E-state index contributed by atoms with van der Waals surface area (Å²) in [5.74, 6) is -0.0563. The Bertz CT molecular complexity index is 884. The van der Waals surface area contributed by atoms with Gasteiger partial charge in [-0.2, -0.15) is 0 Å². The predicted octanol–water partition coefficient (Wildman–Crippen LogP) is 3.68. The number of ether oxygens (including phenoxy) is 1. The minimum atomic E-state index is -0.0563. The number of benzene rings is 1. The van der Waals surface area contributed by atoms with Crippen molar-refractivity contribution >= 4 is 16.8 Å². The highest BCUT2D eigenvalue weighted by atomic mass is 16.5. The molecule has 5 heteroatoms. The van der Waals surface area contributed by atoms with Crippen LogP contribution in [0.1, 0.15) is 35.2 Å². The van der Waals surface area contributed by atoms with Gasteiger partial charge in [0.1, 0.15) is 0 Å². The maximum Gasteiger partial charge on any atom is 0.253 e. The van der Waals surface area contributed by atoms with Crippen LogP contribution >= 0.6 is 0 Å². The number of aromatic nitrogens is 2. The van der Waals surface area contributed by atoms with Gasteiger partial charge in [0.05, 0.1) is 23.9 Å². The van der Waals surface area contributed by atoms with E-state index in [1.165, 1.54) is 5.56 Å². The lowest BCUT2D eigenvalue weighted by molar-refractivity contribution is 0.0909. The van der Waals surface area contributed by atoms with Crippen LogP contribution in [0.4, 0.5) is 0 Å². The summed E-state index contributed by atoms with van der Waals surface area (Å²) >= 11 is 0. The summed E-state index contributed by atoms with van der Waals surface area (Å²) in [6.45, 7) is 2.06. The monoisotopic (exact) mass is 349 g/mol. The van der Waals surface area contributed by atoms with Crippen molar-refractivity contribution < 1.29 is 9.53 Å². The summed E-state index contributed by atoms with van der Waals surface area (Å²) in [4.78, 5) is 19.8. The van der Waals surface area contributed by atoms with Crippen LogP contribution in [0.15, 0.2) is 55.0 Å². The molecule has 1 amide bonds. The lowest BCUT2D eigenvalue weighted by atomic mass is 10.0. The summed E-state index contributed by atoms with van der Waals surface area (Å²) in [5, 5.41) is 4.00. The van der Waals surface area contributed by atoms with Crippen LogP contribution in [-0.2, 0) is 11.3 Å². The summed E-state index contributed by atoms with van der Waals surface area (Å²) < 4.78 is 5.81. The maximum atomic E-state index is 12.5. The lowest BCUT2D eigenvalue weighted by Crippen LogP contribution is -2.31. The molecule has 1 fully saturated rings. The van der Waals surface area contributed by atoms with Gasteiger partial charge in [-0.05, 0) is 36.3 Å². The Balaban J connectivity index is 1.26. The number of nitrogens with zero attached hydrogens (tertiary/aromatic N) is 1. The van der Waals surface area contributed by atoms with Crippen LogP contribution in [0, 0.1) is 5.41 Å². The Labute approximate surface area is 152 Å². The average molecular weight is 349 g/mol. The Kier molecular flexibility index (Phi) is 4.71. The largest absolute Gasteiger partial charge is 0.377 e. The van der Waals surface area contributed by atoms with Gasteiger partial charge in [-0.25, -0.2) is 0 Å². The van der Waals surface area contributed by atoms with E-state index in [9.17, 15) is 4.79 Å². The molecule has 5 nitrogen and oxygen atoms in total.